The Kier molecular flexibility index (Phi) is 2.76. The zero-order chi connectivity index (χ0) is 12.5. The highest BCUT2D eigenvalue weighted by Crippen LogP contribution is 2.23. The average molecular weight is 245 g/mol. The second-order valence-corrected chi connectivity index (χ2v) is 4.76. The van der Waals surface area contributed by atoms with Crippen LogP contribution in [0.1, 0.15) is 22.3 Å². The molecule has 2 aliphatic rings. The highest BCUT2D eigenvalue weighted by molar-refractivity contribution is 6.01. The number of hydrogen-bond acceptors (Lipinski definition) is 3. The van der Waals surface area contributed by atoms with Gasteiger partial charge in [0.15, 0.2) is 0 Å². The first kappa shape index (κ1) is 11.2. The molecule has 2 heterocycles. The van der Waals surface area contributed by atoms with Crippen molar-refractivity contribution in [3.8, 4) is 0 Å². The normalized spacial score (nSPS) is 21.6. The molecule has 3 N–H and O–H groups in total. The van der Waals surface area contributed by atoms with E-state index in [-0.39, 0.29) is 17.9 Å². The van der Waals surface area contributed by atoms with Crippen LogP contribution in [0.3, 0.4) is 0 Å². The van der Waals surface area contributed by atoms with Crippen LogP contribution < -0.4 is 16.0 Å². The largest absolute Gasteiger partial charge is 0.348 e. The third-order valence-electron chi connectivity index (χ3n) is 3.39. The van der Waals surface area contributed by atoms with Gasteiger partial charge in [-0.2, -0.15) is 0 Å². The van der Waals surface area contributed by atoms with E-state index in [1.807, 2.05) is 0 Å². The first-order chi connectivity index (χ1) is 8.72. The molecule has 0 aliphatic carbocycles. The number of carbonyl (C=O) groups is 2. The fourth-order valence-corrected chi connectivity index (χ4v) is 2.42. The van der Waals surface area contributed by atoms with Gasteiger partial charge < -0.3 is 16.0 Å². The van der Waals surface area contributed by atoms with Crippen LogP contribution >= 0.6 is 0 Å². The second kappa shape index (κ2) is 4.42. The van der Waals surface area contributed by atoms with Crippen molar-refractivity contribution in [3.63, 3.8) is 0 Å². The van der Waals surface area contributed by atoms with E-state index in [0.29, 0.717) is 12.0 Å². The summed E-state index contributed by atoms with van der Waals surface area (Å²) in [5.74, 6) is -0.0756. The quantitative estimate of drug-likeness (QED) is 0.700. The van der Waals surface area contributed by atoms with Gasteiger partial charge in [-0.3, -0.25) is 9.59 Å². The minimum Gasteiger partial charge on any atom is -0.348 e. The molecule has 94 valence electrons. The Morgan fingerprint density at radius 1 is 1.39 bits per heavy atom. The molecule has 0 bridgehead atoms. The van der Waals surface area contributed by atoms with Gasteiger partial charge in [-0.05, 0) is 36.7 Å². The minimum atomic E-state index is -0.0640. The van der Waals surface area contributed by atoms with Crippen molar-refractivity contribution in [1.82, 2.24) is 10.6 Å². The molecule has 0 aromatic heterocycles. The van der Waals surface area contributed by atoms with E-state index in [2.05, 4.69) is 16.0 Å². The van der Waals surface area contributed by atoms with Gasteiger partial charge in [0.05, 0.1) is 6.42 Å². The van der Waals surface area contributed by atoms with Crippen LogP contribution in [0.5, 0.6) is 0 Å². The number of fused-ring (bicyclic) bond motifs is 1. The van der Waals surface area contributed by atoms with Gasteiger partial charge in [0, 0.05) is 23.8 Å². The molecule has 18 heavy (non-hydrogen) atoms. The van der Waals surface area contributed by atoms with E-state index >= 15 is 0 Å². The number of anilines is 1. The van der Waals surface area contributed by atoms with Crippen molar-refractivity contribution in [1.29, 1.82) is 0 Å². The molecule has 0 radical (unpaired) electrons. The summed E-state index contributed by atoms with van der Waals surface area (Å²) in [5.41, 5.74) is 2.34. The molecule has 2 aliphatic heterocycles. The van der Waals surface area contributed by atoms with E-state index in [1.165, 1.54) is 0 Å². The number of nitrogens with one attached hydrogen (secondary N) is 3. The Labute approximate surface area is 105 Å². The molecule has 0 unspecified atom stereocenters. The lowest BCUT2D eigenvalue weighted by atomic mass is 10.1. The Morgan fingerprint density at radius 3 is 3.06 bits per heavy atom. The Balaban J connectivity index is 1.74. The fraction of sp³-hybridized carbons (Fsp3) is 0.385. The number of hydrogen-bond donors (Lipinski definition) is 3. The average Bonchev–Trinajstić information content (AvgIpc) is 2.95. The molecule has 0 spiro atoms. The summed E-state index contributed by atoms with van der Waals surface area (Å²) in [7, 11) is 0. The lowest BCUT2D eigenvalue weighted by Gasteiger charge is -2.11. The zero-order valence-electron chi connectivity index (χ0n) is 9.95. The lowest BCUT2D eigenvalue weighted by Crippen LogP contribution is -2.36. The fourth-order valence-electron chi connectivity index (χ4n) is 2.42. The lowest BCUT2D eigenvalue weighted by molar-refractivity contribution is -0.115. The monoisotopic (exact) mass is 245 g/mol. The highest BCUT2D eigenvalue weighted by atomic mass is 16.2. The van der Waals surface area contributed by atoms with Crippen molar-refractivity contribution < 1.29 is 9.59 Å². The Hall–Kier alpha value is -1.88. The van der Waals surface area contributed by atoms with E-state index in [1.54, 1.807) is 18.2 Å². The van der Waals surface area contributed by atoms with E-state index < -0.39 is 0 Å². The van der Waals surface area contributed by atoms with Crippen LogP contribution in [-0.4, -0.2) is 30.9 Å². The van der Waals surface area contributed by atoms with E-state index in [0.717, 1.165) is 30.8 Å². The van der Waals surface area contributed by atoms with Gasteiger partial charge in [0.2, 0.25) is 5.91 Å². The molecule has 1 fully saturated rings. The van der Waals surface area contributed by atoms with Gasteiger partial charge in [-0.1, -0.05) is 0 Å². The standard InChI is InChI=1S/C13H15N3O2/c17-12-6-9-5-8(1-2-11(9)16-12)13(18)15-10-3-4-14-7-10/h1-2,5,10,14H,3-4,6-7H2,(H,15,18)(H,16,17)/t10-/m0/s1. The minimum absolute atomic E-state index is 0.0115. The van der Waals surface area contributed by atoms with Gasteiger partial charge in [-0.25, -0.2) is 0 Å². The van der Waals surface area contributed by atoms with Crippen LogP contribution in [0, 0.1) is 0 Å². The molecule has 1 saturated heterocycles. The third-order valence-corrected chi connectivity index (χ3v) is 3.39. The maximum Gasteiger partial charge on any atom is 0.251 e. The van der Waals surface area contributed by atoms with Crippen molar-refractivity contribution >= 4 is 17.5 Å². The predicted molar refractivity (Wildman–Crippen MR) is 67.5 cm³/mol. The van der Waals surface area contributed by atoms with Crippen molar-refractivity contribution in [2.75, 3.05) is 18.4 Å². The van der Waals surface area contributed by atoms with Gasteiger partial charge in [0.25, 0.3) is 5.91 Å². The molecule has 1 aromatic carbocycles. The molecular formula is C13H15N3O2. The molecule has 5 heteroatoms. The zero-order valence-corrected chi connectivity index (χ0v) is 9.95. The molecule has 0 saturated carbocycles. The summed E-state index contributed by atoms with van der Waals surface area (Å²) in [6.45, 7) is 1.78. The predicted octanol–water partition coefficient (Wildman–Crippen LogP) is 0.273. The Morgan fingerprint density at radius 2 is 2.28 bits per heavy atom. The van der Waals surface area contributed by atoms with E-state index in [4.69, 9.17) is 0 Å². The summed E-state index contributed by atoms with van der Waals surface area (Å²) < 4.78 is 0. The van der Waals surface area contributed by atoms with Crippen LogP contribution in [0.4, 0.5) is 5.69 Å². The molecular weight excluding hydrogens is 230 g/mol. The summed E-state index contributed by atoms with van der Waals surface area (Å²) in [6, 6.07) is 5.56. The van der Waals surface area contributed by atoms with Crippen LogP contribution in [0.25, 0.3) is 0 Å². The Bertz CT molecular complexity index is 507. The van der Waals surface area contributed by atoms with Crippen LogP contribution in [-0.2, 0) is 11.2 Å². The maximum absolute atomic E-state index is 12.0. The van der Waals surface area contributed by atoms with Crippen molar-refractivity contribution in [2.24, 2.45) is 0 Å². The van der Waals surface area contributed by atoms with Gasteiger partial charge in [-0.15, -0.1) is 0 Å². The number of benzene rings is 1. The summed E-state index contributed by atoms with van der Waals surface area (Å²) >= 11 is 0. The molecule has 3 rings (SSSR count). The topological polar surface area (TPSA) is 70.2 Å². The highest BCUT2D eigenvalue weighted by Gasteiger charge is 2.21. The molecule has 5 nitrogen and oxygen atoms in total. The molecule has 1 atom stereocenters. The first-order valence-electron chi connectivity index (χ1n) is 6.17. The van der Waals surface area contributed by atoms with Crippen molar-refractivity contribution in [3.05, 3.63) is 29.3 Å². The maximum atomic E-state index is 12.0. The smallest absolute Gasteiger partial charge is 0.251 e. The first-order valence-corrected chi connectivity index (χ1v) is 6.17. The third kappa shape index (κ3) is 2.09. The van der Waals surface area contributed by atoms with Crippen LogP contribution in [0.15, 0.2) is 18.2 Å². The van der Waals surface area contributed by atoms with Gasteiger partial charge >= 0.3 is 0 Å². The van der Waals surface area contributed by atoms with Gasteiger partial charge in [0.1, 0.15) is 0 Å². The summed E-state index contributed by atoms with van der Waals surface area (Å²) in [5, 5.41) is 8.95. The van der Waals surface area contributed by atoms with E-state index in [9.17, 15) is 9.59 Å². The number of carbonyl (C=O) groups excluding carboxylic acids is 2. The summed E-state index contributed by atoms with van der Waals surface area (Å²) in [6.07, 6.45) is 1.33. The van der Waals surface area contributed by atoms with Crippen LogP contribution in [0.2, 0.25) is 0 Å². The summed E-state index contributed by atoms with van der Waals surface area (Å²) in [4.78, 5) is 23.3. The molecule has 2 amide bonds. The molecule has 1 aromatic rings. The van der Waals surface area contributed by atoms with Crippen molar-refractivity contribution in [2.45, 2.75) is 18.9 Å². The number of amides is 2. The number of rotatable bonds is 2. The second-order valence-electron chi connectivity index (χ2n) is 4.76. The SMILES string of the molecule is O=C1Cc2cc(C(=O)N[C@H]3CCNC3)ccc2N1.